The van der Waals surface area contributed by atoms with Crippen LogP contribution < -0.4 is 101 Å². The van der Waals surface area contributed by atoms with Crippen molar-refractivity contribution in [2.24, 2.45) is 0 Å². The van der Waals surface area contributed by atoms with Gasteiger partial charge >= 0.3 is 88.7 Å². The average Bonchev–Trinajstić information content (AvgIpc) is 2.89. The molecule has 168 valence electrons. The number of fused-ring (bicyclic) bond motifs is 1. The van der Waals surface area contributed by atoms with Crippen LogP contribution in [-0.2, 0) is 31.2 Å². The van der Waals surface area contributed by atoms with Crippen LogP contribution in [0.3, 0.4) is 0 Å². The zero-order valence-electron chi connectivity index (χ0n) is 18.1. The molecule has 3 aromatic rings. The second-order valence-electron chi connectivity index (χ2n) is 5.97. The molecule has 0 saturated carbocycles. The van der Waals surface area contributed by atoms with Crippen LogP contribution in [0, 0.1) is 6.92 Å². The minimum Gasteiger partial charge on any atom is -0.716 e. The first-order valence-corrected chi connectivity index (χ1v) is 11.8. The quantitative estimate of drug-likeness (QED) is 0.162. The first kappa shape index (κ1) is 34.1. The molecule has 0 radical (unpaired) electrons. The van der Waals surface area contributed by atoms with Crippen molar-refractivity contribution >= 4 is 42.1 Å². The molecular weight excluding hydrogens is 551 g/mol. The van der Waals surface area contributed by atoms with Gasteiger partial charge in [-0.2, -0.15) is 0 Å². The summed E-state index contributed by atoms with van der Waals surface area (Å²) in [5.41, 5.74) is 1.44. The van der Waals surface area contributed by atoms with Crippen molar-refractivity contribution in [2.45, 2.75) is 6.92 Å². The summed E-state index contributed by atoms with van der Waals surface area (Å²) in [6, 6.07) is 6.96. The number of hydrogen-bond acceptors (Lipinski definition) is 12. The van der Waals surface area contributed by atoms with Crippen molar-refractivity contribution in [1.29, 1.82) is 0 Å². The van der Waals surface area contributed by atoms with Crippen molar-refractivity contribution in [2.75, 3.05) is 0 Å². The van der Waals surface area contributed by atoms with Gasteiger partial charge in [-0.05, 0) is 48.9 Å². The number of aromatic nitrogens is 1. The fourth-order valence-electron chi connectivity index (χ4n) is 2.78. The number of nitrogens with one attached hydrogen (secondary N) is 1. The Morgan fingerprint density at radius 2 is 1.24 bits per heavy atom. The smallest absolute Gasteiger partial charge is 0.716 e. The zero-order chi connectivity index (χ0) is 23.2. The third-order valence-electron chi connectivity index (χ3n) is 3.84. The van der Waals surface area contributed by atoms with Gasteiger partial charge in [0, 0.05) is 22.2 Å². The molecule has 1 aromatic heterocycles. The third kappa shape index (κ3) is 9.53. The van der Waals surface area contributed by atoms with E-state index in [0.717, 1.165) is 12.1 Å². The van der Waals surface area contributed by atoms with Gasteiger partial charge in [0.05, 0.1) is 0 Å². The van der Waals surface area contributed by atoms with E-state index in [0.29, 0.717) is 22.2 Å². The fraction of sp³-hybridized carbons (Fsp3) is 0.0667. The minimum absolute atomic E-state index is 0. The number of hydrogen-bond donors (Lipinski definition) is 1. The van der Waals surface area contributed by atoms with E-state index in [9.17, 15) is 38.9 Å². The predicted octanol–water partition coefficient (Wildman–Crippen LogP) is -8.33. The van der Waals surface area contributed by atoms with Gasteiger partial charge in [-0.1, -0.05) is 0 Å². The Labute approximate surface area is 261 Å². The number of rotatable bonds is 7. The molecule has 0 unspecified atom stereocenters. The van der Waals surface area contributed by atoms with Gasteiger partial charge in [0.2, 0.25) is 0 Å². The Bertz CT molecular complexity index is 1500. The molecule has 0 aliphatic heterocycles. The molecule has 34 heavy (non-hydrogen) atoms. The summed E-state index contributed by atoms with van der Waals surface area (Å²) in [5, 5.41) is 0.428. The molecule has 0 amide bonds. The van der Waals surface area contributed by atoms with E-state index in [1.807, 2.05) is 0 Å². The van der Waals surface area contributed by atoms with Crippen LogP contribution in [-0.4, -0.2) is 43.9 Å². The summed E-state index contributed by atoms with van der Waals surface area (Å²) in [7, 11) is -15.7. The summed E-state index contributed by atoms with van der Waals surface area (Å²) >= 11 is 0. The molecule has 2 aromatic carbocycles. The molecule has 1 N–H and O–H groups in total. The summed E-state index contributed by atoms with van der Waals surface area (Å²) in [6.45, 7) is 1.58. The van der Waals surface area contributed by atoms with Crippen molar-refractivity contribution < 1.29 is 140 Å². The van der Waals surface area contributed by atoms with E-state index in [1.54, 1.807) is 6.92 Å². The molecule has 0 bridgehead atoms. The minimum atomic E-state index is -5.35. The van der Waals surface area contributed by atoms with Crippen molar-refractivity contribution in [3.63, 3.8) is 0 Å². The molecule has 0 aliphatic carbocycles. The second-order valence-corrected chi connectivity index (χ2v) is 8.92. The van der Waals surface area contributed by atoms with E-state index in [-0.39, 0.29) is 100.0 Å². The van der Waals surface area contributed by atoms with E-state index >= 15 is 0 Å². The first-order chi connectivity index (χ1) is 14.1. The van der Waals surface area contributed by atoms with Crippen LogP contribution >= 0.6 is 0 Å². The third-order valence-corrected chi connectivity index (χ3v) is 5.01. The van der Waals surface area contributed by atoms with Crippen LogP contribution in [0.2, 0.25) is 0 Å². The summed E-state index contributed by atoms with van der Waals surface area (Å²) < 4.78 is 110. The standard InChI is InChI=1S/C15H13NO12S3.3Na/c1-8-11-7-10(26-29(17,18)19)3-4-12(11)16-15(8)9-2-5-13(27-30(20,21)22)14(6-9)28-31(23,24)25;;;/h2-7,16H,1H3,(H,17,18,19)(H,20,21,22)(H,23,24,25);;;/q;3*+1/p-3. The van der Waals surface area contributed by atoms with Gasteiger partial charge in [-0.3, -0.25) is 0 Å². The van der Waals surface area contributed by atoms with Crippen molar-refractivity contribution in [3.05, 3.63) is 42.0 Å². The van der Waals surface area contributed by atoms with Crippen molar-refractivity contribution in [3.8, 4) is 28.5 Å². The molecule has 19 heteroatoms. The van der Waals surface area contributed by atoms with Crippen LogP contribution in [0.15, 0.2) is 36.4 Å². The maximum absolute atomic E-state index is 11.0. The van der Waals surface area contributed by atoms with Gasteiger partial charge in [-0.25, -0.2) is 25.3 Å². The van der Waals surface area contributed by atoms with Crippen molar-refractivity contribution in [1.82, 2.24) is 4.98 Å². The monoisotopic (exact) mass is 561 g/mol. The Morgan fingerprint density at radius 1 is 0.706 bits per heavy atom. The van der Waals surface area contributed by atoms with Gasteiger partial charge in [0.25, 0.3) is 31.2 Å². The van der Waals surface area contributed by atoms with E-state index in [4.69, 9.17) is 0 Å². The molecule has 1 heterocycles. The molecule has 0 atom stereocenters. The topological polar surface area (TPSA) is 215 Å². The average molecular weight is 561 g/mol. The Hall–Kier alpha value is 0.110. The molecular formula is C15H10NNa3O12S3. The Kier molecular flexibility index (Phi) is 12.6. The van der Waals surface area contributed by atoms with Crippen LogP contribution in [0.4, 0.5) is 0 Å². The predicted molar refractivity (Wildman–Crippen MR) is 99.4 cm³/mol. The largest absolute Gasteiger partial charge is 1.00 e. The normalized spacial score (nSPS) is 11.5. The Balaban J connectivity index is 0.00000363. The SMILES string of the molecule is Cc1c(-c2ccc(OS(=O)(=O)[O-])c(OS(=O)(=O)[O-])c2)[nH]c2ccc(OS(=O)(=O)[O-])cc12.[Na+].[Na+].[Na+]. The van der Waals surface area contributed by atoms with Crippen LogP contribution in [0.1, 0.15) is 5.56 Å². The number of H-pyrrole nitrogens is 1. The van der Waals surface area contributed by atoms with E-state index < -0.39 is 42.7 Å². The molecule has 3 rings (SSSR count). The van der Waals surface area contributed by atoms with Gasteiger partial charge < -0.3 is 31.2 Å². The van der Waals surface area contributed by atoms with E-state index in [2.05, 4.69) is 17.5 Å². The summed E-state index contributed by atoms with van der Waals surface area (Å²) in [5.74, 6) is -1.93. The fourth-order valence-corrected chi connectivity index (χ4v) is 3.83. The van der Waals surface area contributed by atoms with Gasteiger partial charge in [0.1, 0.15) is 5.75 Å². The molecule has 0 fully saturated rings. The number of aromatic amines is 1. The maximum Gasteiger partial charge on any atom is 1.00 e. The summed E-state index contributed by atoms with van der Waals surface area (Å²) in [6.07, 6.45) is 0. The van der Waals surface area contributed by atoms with Gasteiger partial charge in [0.15, 0.2) is 11.5 Å². The number of benzene rings is 2. The van der Waals surface area contributed by atoms with Crippen LogP contribution in [0.25, 0.3) is 22.2 Å². The Morgan fingerprint density at radius 3 is 1.76 bits per heavy atom. The zero-order valence-corrected chi connectivity index (χ0v) is 26.5. The first-order valence-electron chi connectivity index (χ1n) is 7.84. The molecule has 13 nitrogen and oxygen atoms in total. The molecule has 0 spiro atoms. The van der Waals surface area contributed by atoms with E-state index in [1.165, 1.54) is 24.3 Å². The molecule has 0 saturated heterocycles. The summed E-state index contributed by atoms with van der Waals surface area (Å²) in [4.78, 5) is 2.94. The maximum atomic E-state index is 11.0. The molecule has 0 aliphatic rings. The second kappa shape index (κ2) is 12.6. The van der Waals surface area contributed by atoms with Crippen LogP contribution in [0.5, 0.6) is 17.2 Å². The van der Waals surface area contributed by atoms with Gasteiger partial charge in [-0.15, -0.1) is 0 Å². The number of aryl methyl sites for hydroxylation is 1.